The van der Waals surface area contributed by atoms with E-state index in [0.29, 0.717) is 30.2 Å². The summed E-state index contributed by atoms with van der Waals surface area (Å²) in [6.07, 6.45) is 1.63. The second kappa shape index (κ2) is 8.40. The third-order valence-corrected chi connectivity index (χ3v) is 3.68. The summed E-state index contributed by atoms with van der Waals surface area (Å²) in [4.78, 5) is 14.4. The minimum atomic E-state index is -0.172. The standard InChI is InChI=1S/C18H24N2O4/c1-5-23-16-9-8-13(11-17(16)22-4)18(21)19-12-14(20(2)3)15-7-6-10-24-15/h6-11,14H,5,12H2,1-4H3,(H,19,21). The molecule has 0 saturated heterocycles. The third kappa shape index (κ3) is 4.29. The van der Waals surface area contributed by atoms with Crippen LogP contribution in [-0.4, -0.2) is 45.2 Å². The number of benzene rings is 1. The molecular weight excluding hydrogens is 308 g/mol. The molecule has 6 heteroatoms. The van der Waals surface area contributed by atoms with Crippen molar-refractivity contribution in [3.63, 3.8) is 0 Å². The first-order valence-corrected chi connectivity index (χ1v) is 7.85. The zero-order valence-corrected chi connectivity index (χ0v) is 14.5. The Morgan fingerprint density at radius 3 is 2.67 bits per heavy atom. The molecule has 0 aliphatic heterocycles. The van der Waals surface area contributed by atoms with E-state index >= 15 is 0 Å². The lowest BCUT2D eigenvalue weighted by molar-refractivity contribution is 0.0938. The number of methoxy groups -OCH3 is 1. The van der Waals surface area contributed by atoms with Crippen LogP contribution in [0.5, 0.6) is 11.5 Å². The lowest BCUT2D eigenvalue weighted by Crippen LogP contribution is -2.34. The molecule has 0 fully saturated rings. The fraction of sp³-hybridized carbons (Fsp3) is 0.389. The number of nitrogens with one attached hydrogen (secondary N) is 1. The predicted molar refractivity (Wildman–Crippen MR) is 91.6 cm³/mol. The normalized spacial score (nSPS) is 12.0. The zero-order chi connectivity index (χ0) is 17.5. The molecule has 1 N–H and O–H groups in total. The van der Waals surface area contributed by atoms with Crippen molar-refractivity contribution in [1.82, 2.24) is 10.2 Å². The van der Waals surface area contributed by atoms with E-state index in [2.05, 4.69) is 5.32 Å². The highest BCUT2D eigenvalue weighted by molar-refractivity contribution is 5.94. The smallest absolute Gasteiger partial charge is 0.251 e. The highest BCUT2D eigenvalue weighted by Crippen LogP contribution is 2.28. The lowest BCUT2D eigenvalue weighted by atomic mass is 10.1. The van der Waals surface area contributed by atoms with Gasteiger partial charge in [0.25, 0.3) is 5.91 Å². The van der Waals surface area contributed by atoms with Crippen molar-refractivity contribution in [2.75, 3.05) is 34.4 Å². The summed E-state index contributed by atoms with van der Waals surface area (Å²) in [5, 5.41) is 2.93. The number of amides is 1. The molecule has 24 heavy (non-hydrogen) atoms. The van der Waals surface area contributed by atoms with Gasteiger partial charge in [-0.3, -0.25) is 9.69 Å². The molecule has 1 heterocycles. The molecule has 1 aromatic carbocycles. The molecular formula is C18H24N2O4. The molecule has 1 unspecified atom stereocenters. The molecule has 0 saturated carbocycles. The monoisotopic (exact) mass is 332 g/mol. The van der Waals surface area contributed by atoms with Crippen molar-refractivity contribution in [2.24, 2.45) is 0 Å². The van der Waals surface area contributed by atoms with Crippen LogP contribution in [0.1, 0.15) is 29.1 Å². The topological polar surface area (TPSA) is 63.9 Å². The van der Waals surface area contributed by atoms with Crippen molar-refractivity contribution in [3.05, 3.63) is 47.9 Å². The number of likely N-dealkylation sites (N-methyl/N-ethyl adjacent to an activating group) is 1. The number of carbonyl (C=O) groups excluding carboxylic acids is 1. The molecule has 0 aliphatic rings. The molecule has 1 atom stereocenters. The number of hydrogen-bond acceptors (Lipinski definition) is 5. The number of carbonyl (C=O) groups is 1. The molecule has 130 valence electrons. The maximum absolute atomic E-state index is 12.4. The predicted octanol–water partition coefficient (Wildman–Crippen LogP) is 2.72. The van der Waals surface area contributed by atoms with Crippen molar-refractivity contribution in [1.29, 1.82) is 0 Å². The van der Waals surface area contributed by atoms with Crippen molar-refractivity contribution in [3.8, 4) is 11.5 Å². The number of nitrogens with zero attached hydrogens (tertiary/aromatic N) is 1. The van der Waals surface area contributed by atoms with Gasteiger partial charge in [0.15, 0.2) is 11.5 Å². The van der Waals surface area contributed by atoms with E-state index in [4.69, 9.17) is 13.9 Å². The molecule has 0 bridgehead atoms. The van der Waals surface area contributed by atoms with Crippen molar-refractivity contribution >= 4 is 5.91 Å². The van der Waals surface area contributed by atoms with E-state index in [9.17, 15) is 4.79 Å². The second-order valence-corrected chi connectivity index (χ2v) is 5.50. The van der Waals surface area contributed by atoms with E-state index < -0.39 is 0 Å². The van der Waals surface area contributed by atoms with Crippen LogP contribution in [0.2, 0.25) is 0 Å². The Hall–Kier alpha value is -2.47. The summed E-state index contributed by atoms with van der Waals surface area (Å²) in [6.45, 7) is 2.88. The fourth-order valence-corrected chi connectivity index (χ4v) is 2.39. The summed E-state index contributed by atoms with van der Waals surface area (Å²) in [5.41, 5.74) is 0.521. The van der Waals surface area contributed by atoms with Gasteiger partial charge < -0.3 is 19.2 Å². The number of ether oxygens (including phenoxy) is 2. The first kappa shape index (κ1) is 17.9. The quantitative estimate of drug-likeness (QED) is 0.805. The molecule has 0 spiro atoms. The summed E-state index contributed by atoms with van der Waals surface area (Å²) in [7, 11) is 5.44. The lowest BCUT2D eigenvalue weighted by Gasteiger charge is -2.22. The van der Waals surface area contributed by atoms with Crippen LogP contribution in [0.4, 0.5) is 0 Å². The first-order chi connectivity index (χ1) is 11.6. The van der Waals surface area contributed by atoms with E-state index in [1.807, 2.05) is 38.1 Å². The third-order valence-electron chi connectivity index (χ3n) is 3.68. The molecule has 1 aromatic heterocycles. The highest BCUT2D eigenvalue weighted by Gasteiger charge is 2.19. The fourth-order valence-electron chi connectivity index (χ4n) is 2.39. The van der Waals surface area contributed by atoms with E-state index in [0.717, 1.165) is 5.76 Å². The van der Waals surface area contributed by atoms with Crippen molar-refractivity contribution < 1.29 is 18.7 Å². The van der Waals surface area contributed by atoms with Gasteiger partial charge in [-0.05, 0) is 51.4 Å². The van der Waals surface area contributed by atoms with Gasteiger partial charge in [-0.2, -0.15) is 0 Å². The Labute approximate surface area is 142 Å². The van der Waals surface area contributed by atoms with Crippen LogP contribution in [0, 0.1) is 0 Å². The minimum Gasteiger partial charge on any atom is -0.493 e. The number of furan rings is 1. The Morgan fingerprint density at radius 1 is 1.29 bits per heavy atom. The largest absolute Gasteiger partial charge is 0.493 e. The maximum atomic E-state index is 12.4. The van der Waals surface area contributed by atoms with Crippen LogP contribution in [0.3, 0.4) is 0 Å². The van der Waals surface area contributed by atoms with Gasteiger partial charge in [0.2, 0.25) is 0 Å². The van der Waals surface area contributed by atoms with Gasteiger partial charge in [0.1, 0.15) is 5.76 Å². The van der Waals surface area contributed by atoms with E-state index in [1.165, 1.54) is 0 Å². The first-order valence-electron chi connectivity index (χ1n) is 7.85. The van der Waals surface area contributed by atoms with Crippen LogP contribution in [0.15, 0.2) is 41.0 Å². The average Bonchev–Trinajstić information content (AvgIpc) is 3.09. The van der Waals surface area contributed by atoms with Crippen molar-refractivity contribution in [2.45, 2.75) is 13.0 Å². The molecule has 2 rings (SSSR count). The molecule has 0 aliphatic carbocycles. The summed E-state index contributed by atoms with van der Waals surface area (Å²) in [5.74, 6) is 1.80. The summed E-state index contributed by atoms with van der Waals surface area (Å²) >= 11 is 0. The van der Waals surface area contributed by atoms with Gasteiger partial charge in [0, 0.05) is 12.1 Å². The Bertz CT molecular complexity index is 653. The van der Waals surface area contributed by atoms with E-state index in [1.54, 1.807) is 31.6 Å². The summed E-state index contributed by atoms with van der Waals surface area (Å²) in [6, 6.07) is 8.85. The number of hydrogen-bond donors (Lipinski definition) is 1. The average molecular weight is 332 g/mol. The number of rotatable bonds is 8. The van der Waals surface area contributed by atoms with Crippen LogP contribution < -0.4 is 14.8 Å². The molecule has 0 radical (unpaired) electrons. The van der Waals surface area contributed by atoms with Gasteiger partial charge in [0.05, 0.1) is 26.0 Å². The second-order valence-electron chi connectivity index (χ2n) is 5.50. The van der Waals surface area contributed by atoms with Gasteiger partial charge in [-0.25, -0.2) is 0 Å². The van der Waals surface area contributed by atoms with Gasteiger partial charge >= 0.3 is 0 Å². The van der Waals surface area contributed by atoms with E-state index in [-0.39, 0.29) is 11.9 Å². The Balaban J connectivity index is 2.06. The van der Waals surface area contributed by atoms with Crippen LogP contribution in [-0.2, 0) is 0 Å². The molecule has 2 aromatic rings. The Kier molecular flexibility index (Phi) is 6.26. The highest BCUT2D eigenvalue weighted by atomic mass is 16.5. The van der Waals surface area contributed by atoms with Gasteiger partial charge in [-0.15, -0.1) is 0 Å². The van der Waals surface area contributed by atoms with Crippen LogP contribution in [0.25, 0.3) is 0 Å². The maximum Gasteiger partial charge on any atom is 0.251 e. The SMILES string of the molecule is CCOc1ccc(C(=O)NCC(c2ccco2)N(C)C)cc1OC. The molecule has 1 amide bonds. The Morgan fingerprint density at radius 2 is 2.08 bits per heavy atom. The van der Waals surface area contributed by atoms with Gasteiger partial charge in [-0.1, -0.05) is 0 Å². The zero-order valence-electron chi connectivity index (χ0n) is 14.5. The summed E-state index contributed by atoms with van der Waals surface area (Å²) < 4.78 is 16.2. The minimum absolute atomic E-state index is 0.0338. The van der Waals surface area contributed by atoms with Crippen LogP contribution >= 0.6 is 0 Å². The molecule has 6 nitrogen and oxygen atoms in total.